The zero-order chi connectivity index (χ0) is 28.7. The second-order valence-corrected chi connectivity index (χ2v) is 12.0. The number of nitrogens with one attached hydrogen (secondary N) is 2. The summed E-state index contributed by atoms with van der Waals surface area (Å²) in [7, 11) is 0. The molecule has 0 radical (unpaired) electrons. The number of fused-ring (bicyclic) bond motifs is 2. The van der Waals surface area contributed by atoms with Crippen molar-refractivity contribution in [1.29, 1.82) is 0 Å². The Bertz CT molecular complexity index is 1550. The van der Waals surface area contributed by atoms with Crippen molar-refractivity contribution in [2.24, 2.45) is 5.41 Å². The number of carbonyl (C=O) groups is 2. The Labute approximate surface area is 244 Å². The van der Waals surface area contributed by atoms with Crippen molar-refractivity contribution in [3.63, 3.8) is 0 Å². The van der Waals surface area contributed by atoms with Crippen LogP contribution in [0, 0.1) is 17.3 Å². The maximum absolute atomic E-state index is 14.3. The third-order valence-corrected chi connectivity index (χ3v) is 7.72. The molecule has 2 aliphatic heterocycles. The summed E-state index contributed by atoms with van der Waals surface area (Å²) in [6.45, 7) is 5.92. The maximum Gasteiger partial charge on any atom is 0.238 e. The molecular formula is C32H30Cl2N2O4. The number of aliphatic hydroxyl groups is 1. The molecule has 1 saturated heterocycles. The van der Waals surface area contributed by atoms with E-state index in [4.69, 9.17) is 27.9 Å². The number of piperidine rings is 1. The van der Waals surface area contributed by atoms with Gasteiger partial charge in [-0.1, -0.05) is 53.2 Å². The first-order chi connectivity index (χ1) is 19.0. The maximum atomic E-state index is 14.3. The molecule has 0 aromatic heterocycles. The summed E-state index contributed by atoms with van der Waals surface area (Å²) < 4.78 is 5.96. The van der Waals surface area contributed by atoms with Gasteiger partial charge in [-0.25, -0.2) is 0 Å². The summed E-state index contributed by atoms with van der Waals surface area (Å²) in [5.41, 5.74) is 1.90. The van der Waals surface area contributed by atoms with E-state index in [0.29, 0.717) is 32.6 Å². The molecule has 3 aromatic rings. The van der Waals surface area contributed by atoms with Gasteiger partial charge < -0.3 is 20.5 Å². The van der Waals surface area contributed by atoms with Gasteiger partial charge in [-0.3, -0.25) is 9.59 Å². The average Bonchev–Trinajstić information content (AvgIpc) is 3.18. The second-order valence-electron chi connectivity index (χ2n) is 11.1. The fourth-order valence-electron chi connectivity index (χ4n) is 5.67. The SMILES string of the molecule is CC(C)(C)C#Cc1ccc(OCCO)c([C@H]2NC(=O)C[C@@H](c3cccc(Cl)c3)[C@]23C(=O)Nc2cc(Cl)ccc23)c1. The van der Waals surface area contributed by atoms with E-state index in [1.807, 2.05) is 51.1 Å². The van der Waals surface area contributed by atoms with E-state index < -0.39 is 17.4 Å². The van der Waals surface area contributed by atoms with E-state index >= 15 is 0 Å². The van der Waals surface area contributed by atoms with Gasteiger partial charge in [-0.15, -0.1) is 0 Å². The molecule has 3 atom stereocenters. The highest BCUT2D eigenvalue weighted by atomic mass is 35.5. The summed E-state index contributed by atoms with van der Waals surface area (Å²) in [6.07, 6.45) is 0.0721. The first-order valence-electron chi connectivity index (χ1n) is 13.1. The van der Waals surface area contributed by atoms with Crippen molar-refractivity contribution in [3.05, 3.63) is 93.0 Å². The summed E-state index contributed by atoms with van der Waals surface area (Å²) in [4.78, 5) is 27.7. The molecule has 0 saturated carbocycles. The Morgan fingerprint density at radius 3 is 2.55 bits per heavy atom. The number of rotatable bonds is 5. The van der Waals surface area contributed by atoms with E-state index in [-0.39, 0.29) is 36.9 Å². The molecule has 40 heavy (non-hydrogen) atoms. The Morgan fingerprint density at radius 1 is 1.05 bits per heavy atom. The van der Waals surface area contributed by atoms with Crippen molar-refractivity contribution >= 4 is 40.7 Å². The van der Waals surface area contributed by atoms with Crippen LogP contribution in [0.15, 0.2) is 60.7 Å². The quantitative estimate of drug-likeness (QED) is 0.325. The number of hydrogen-bond acceptors (Lipinski definition) is 4. The third-order valence-electron chi connectivity index (χ3n) is 7.25. The monoisotopic (exact) mass is 576 g/mol. The van der Waals surface area contributed by atoms with Gasteiger partial charge >= 0.3 is 0 Å². The van der Waals surface area contributed by atoms with Gasteiger partial charge in [0.2, 0.25) is 11.8 Å². The summed E-state index contributed by atoms with van der Waals surface area (Å²) in [6, 6.07) is 17.2. The molecule has 2 amide bonds. The van der Waals surface area contributed by atoms with Crippen LogP contribution in [-0.4, -0.2) is 30.1 Å². The van der Waals surface area contributed by atoms with Crippen molar-refractivity contribution in [1.82, 2.24) is 5.32 Å². The van der Waals surface area contributed by atoms with E-state index in [1.165, 1.54) is 0 Å². The van der Waals surface area contributed by atoms with Gasteiger partial charge in [-0.05, 0) is 74.4 Å². The Morgan fingerprint density at radius 2 is 1.82 bits per heavy atom. The Hall–Kier alpha value is -3.50. The first-order valence-corrected chi connectivity index (χ1v) is 13.9. The molecule has 0 bridgehead atoms. The van der Waals surface area contributed by atoms with Crippen LogP contribution < -0.4 is 15.4 Å². The minimum atomic E-state index is -1.26. The standard InChI is InChI=1S/C32H30Cl2N2O4/c1-31(2,3)12-11-19-7-10-27(40-14-13-37)23(15-19)29-32(24-9-8-22(34)17-26(24)35-30(32)39)25(18-28(38)36-29)20-5-4-6-21(33)16-20/h4-10,15-17,25,29,37H,13-14,18H2,1-3H3,(H,35,39)(H,36,38)/t25-,29+,32-/m0/s1. The van der Waals surface area contributed by atoms with Crippen molar-refractivity contribution < 1.29 is 19.4 Å². The van der Waals surface area contributed by atoms with E-state index in [1.54, 1.807) is 30.3 Å². The van der Waals surface area contributed by atoms with Crippen LogP contribution >= 0.6 is 23.2 Å². The summed E-state index contributed by atoms with van der Waals surface area (Å²) >= 11 is 12.7. The average molecular weight is 578 g/mol. The second kappa shape index (κ2) is 10.8. The van der Waals surface area contributed by atoms with Crippen LogP contribution in [0.1, 0.15) is 61.4 Å². The van der Waals surface area contributed by atoms with Gasteiger partial charge in [0, 0.05) is 44.6 Å². The molecule has 5 rings (SSSR count). The molecule has 2 heterocycles. The lowest BCUT2D eigenvalue weighted by molar-refractivity contribution is -0.131. The largest absolute Gasteiger partial charge is 0.491 e. The van der Waals surface area contributed by atoms with E-state index in [2.05, 4.69) is 22.5 Å². The topological polar surface area (TPSA) is 87.7 Å². The summed E-state index contributed by atoms with van der Waals surface area (Å²) in [5, 5.41) is 16.7. The molecule has 0 unspecified atom stereocenters. The molecule has 0 aliphatic carbocycles. The zero-order valence-electron chi connectivity index (χ0n) is 22.5. The van der Waals surface area contributed by atoms with Gasteiger partial charge in [0.05, 0.1) is 12.6 Å². The summed E-state index contributed by atoms with van der Waals surface area (Å²) in [5.74, 6) is 5.88. The Balaban J connectivity index is 1.79. The van der Waals surface area contributed by atoms with Crippen molar-refractivity contribution in [2.75, 3.05) is 18.5 Å². The molecule has 2 aliphatic rings. The molecule has 3 N–H and O–H groups in total. The molecule has 206 valence electrons. The number of hydrogen-bond donors (Lipinski definition) is 3. The minimum absolute atomic E-state index is 0.0454. The minimum Gasteiger partial charge on any atom is -0.491 e. The van der Waals surface area contributed by atoms with Crippen LogP contribution in [0.25, 0.3) is 0 Å². The number of amides is 2. The lowest BCUT2D eigenvalue weighted by Crippen LogP contribution is -2.57. The van der Waals surface area contributed by atoms with E-state index in [0.717, 1.165) is 11.1 Å². The third kappa shape index (κ3) is 5.17. The normalized spacial score (nSPS) is 21.8. The molecule has 1 spiro atoms. The van der Waals surface area contributed by atoms with E-state index in [9.17, 15) is 14.7 Å². The smallest absolute Gasteiger partial charge is 0.238 e. The first kappa shape index (κ1) is 28.0. The molecule has 6 nitrogen and oxygen atoms in total. The number of halogens is 2. The van der Waals surface area contributed by atoms with Gasteiger partial charge in [-0.2, -0.15) is 0 Å². The fraction of sp³-hybridized carbons (Fsp3) is 0.312. The highest BCUT2D eigenvalue weighted by Gasteiger charge is 2.61. The molecule has 8 heteroatoms. The zero-order valence-corrected chi connectivity index (χ0v) is 24.0. The molecule has 1 fully saturated rings. The van der Waals surface area contributed by atoms with Crippen molar-refractivity contribution in [3.8, 4) is 17.6 Å². The van der Waals surface area contributed by atoms with Gasteiger partial charge in [0.15, 0.2) is 0 Å². The van der Waals surface area contributed by atoms with Crippen LogP contribution in [-0.2, 0) is 15.0 Å². The van der Waals surface area contributed by atoms with Crippen LogP contribution in [0.2, 0.25) is 10.0 Å². The predicted octanol–water partition coefficient (Wildman–Crippen LogP) is 6.00. The number of benzene rings is 3. The van der Waals surface area contributed by atoms with Crippen molar-refractivity contribution in [2.45, 2.75) is 44.6 Å². The highest BCUT2D eigenvalue weighted by Crippen LogP contribution is 2.58. The predicted molar refractivity (Wildman–Crippen MR) is 157 cm³/mol. The lowest BCUT2D eigenvalue weighted by Gasteiger charge is -2.46. The number of carbonyl (C=O) groups excluding carboxylic acids is 2. The van der Waals surface area contributed by atoms with Crippen LogP contribution in [0.3, 0.4) is 0 Å². The number of ether oxygens (including phenoxy) is 1. The van der Waals surface area contributed by atoms with Gasteiger partial charge in [0.1, 0.15) is 17.8 Å². The molecular weight excluding hydrogens is 547 g/mol. The number of aliphatic hydroxyl groups excluding tert-OH is 1. The highest BCUT2D eigenvalue weighted by molar-refractivity contribution is 6.31. The number of anilines is 1. The fourth-order valence-corrected chi connectivity index (χ4v) is 6.04. The van der Waals surface area contributed by atoms with Crippen LogP contribution in [0.5, 0.6) is 5.75 Å². The lowest BCUT2D eigenvalue weighted by atomic mass is 9.59. The van der Waals surface area contributed by atoms with Crippen LogP contribution in [0.4, 0.5) is 5.69 Å². The van der Waals surface area contributed by atoms with Gasteiger partial charge in [0.25, 0.3) is 0 Å². The molecule has 3 aromatic carbocycles. The Kier molecular flexibility index (Phi) is 7.58.